The molecule has 0 aromatic heterocycles. The van der Waals surface area contributed by atoms with Crippen molar-refractivity contribution in [2.45, 2.75) is 34.1 Å². The summed E-state index contributed by atoms with van der Waals surface area (Å²) in [5.74, 6) is 0. The Morgan fingerprint density at radius 2 is 1.75 bits per heavy atom. The maximum Gasteiger partial charge on any atom is 0.0138 e. The maximum atomic E-state index is 3.37. The van der Waals surface area contributed by atoms with E-state index in [1.807, 2.05) is 0 Å². The van der Waals surface area contributed by atoms with Gasteiger partial charge in [0.05, 0.1) is 0 Å². The van der Waals surface area contributed by atoms with Gasteiger partial charge in [-0.15, -0.1) is 0 Å². The molecule has 0 saturated heterocycles. The molecule has 88 valence electrons. The summed E-state index contributed by atoms with van der Waals surface area (Å²) in [5, 5.41) is 3.37. The van der Waals surface area contributed by atoms with Gasteiger partial charge in [0.1, 0.15) is 0 Å². The van der Waals surface area contributed by atoms with Gasteiger partial charge in [-0.05, 0) is 50.4 Å². The molecule has 0 fully saturated rings. The van der Waals surface area contributed by atoms with Crippen LogP contribution in [0.4, 0.5) is 0 Å². The van der Waals surface area contributed by atoms with Crippen LogP contribution in [0.25, 0.3) is 6.08 Å². The predicted molar refractivity (Wildman–Crippen MR) is 72.8 cm³/mol. The molecule has 1 nitrogen and oxygen atoms in total. The Labute approximate surface area is 99.6 Å². The Bertz CT molecular complexity index is 341. The van der Waals surface area contributed by atoms with Crippen LogP contribution >= 0.6 is 0 Å². The SMILES string of the molecule is CCCNCC=Cc1c(C)cc(C)cc1C. The minimum Gasteiger partial charge on any atom is -0.313 e. The highest BCUT2D eigenvalue weighted by molar-refractivity contribution is 5.58. The lowest BCUT2D eigenvalue weighted by atomic mass is 9.99. The van der Waals surface area contributed by atoms with Gasteiger partial charge in [-0.2, -0.15) is 0 Å². The van der Waals surface area contributed by atoms with Crippen LogP contribution in [-0.4, -0.2) is 13.1 Å². The summed E-state index contributed by atoms with van der Waals surface area (Å²) in [5.41, 5.74) is 5.44. The minimum atomic E-state index is 0.959. The summed E-state index contributed by atoms with van der Waals surface area (Å²) in [6, 6.07) is 4.48. The number of aryl methyl sites for hydroxylation is 3. The second-order valence-electron chi connectivity index (χ2n) is 4.42. The molecule has 0 bridgehead atoms. The zero-order chi connectivity index (χ0) is 12.0. The normalized spacial score (nSPS) is 11.2. The lowest BCUT2D eigenvalue weighted by molar-refractivity contribution is 0.730. The highest BCUT2D eigenvalue weighted by atomic mass is 14.8. The molecule has 1 heteroatoms. The Hall–Kier alpha value is -1.08. The third kappa shape index (κ3) is 3.82. The molecule has 0 heterocycles. The van der Waals surface area contributed by atoms with Crippen molar-refractivity contribution in [3.05, 3.63) is 40.5 Å². The molecule has 1 aromatic rings. The van der Waals surface area contributed by atoms with E-state index in [1.165, 1.54) is 28.7 Å². The molecule has 0 aliphatic rings. The zero-order valence-electron chi connectivity index (χ0n) is 10.9. The monoisotopic (exact) mass is 217 g/mol. The molecule has 0 radical (unpaired) electrons. The molecule has 0 aliphatic heterocycles. The van der Waals surface area contributed by atoms with Crippen LogP contribution in [0, 0.1) is 20.8 Å². The van der Waals surface area contributed by atoms with E-state index in [-0.39, 0.29) is 0 Å². The van der Waals surface area contributed by atoms with Crippen LogP contribution in [0.5, 0.6) is 0 Å². The van der Waals surface area contributed by atoms with Crippen LogP contribution in [0.3, 0.4) is 0 Å². The van der Waals surface area contributed by atoms with Crippen LogP contribution in [0.15, 0.2) is 18.2 Å². The highest BCUT2D eigenvalue weighted by Crippen LogP contribution is 2.17. The third-order valence-electron chi connectivity index (χ3n) is 2.71. The van der Waals surface area contributed by atoms with Crippen molar-refractivity contribution in [2.24, 2.45) is 0 Å². The second-order valence-corrected chi connectivity index (χ2v) is 4.42. The fraction of sp³-hybridized carbons (Fsp3) is 0.467. The molecule has 0 unspecified atom stereocenters. The molecule has 0 atom stereocenters. The van der Waals surface area contributed by atoms with E-state index < -0.39 is 0 Å². The lowest BCUT2D eigenvalue weighted by Crippen LogP contribution is -2.13. The highest BCUT2D eigenvalue weighted by Gasteiger charge is 1.99. The zero-order valence-corrected chi connectivity index (χ0v) is 10.9. The number of hydrogen-bond donors (Lipinski definition) is 1. The van der Waals surface area contributed by atoms with Crippen LogP contribution in [0.2, 0.25) is 0 Å². The number of rotatable bonds is 5. The van der Waals surface area contributed by atoms with Crippen molar-refractivity contribution in [3.8, 4) is 0 Å². The van der Waals surface area contributed by atoms with Gasteiger partial charge >= 0.3 is 0 Å². The maximum absolute atomic E-state index is 3.37. The van der Waals surface area contributed by atoms with Crippen molar-refractivity contribution in [3.63, 3.8) is 0 Å². The molecule has 1 rings (SSSR count). The average molecular weight is 217 g/mol. The lowest BCUT2D eigenvalue weighted by Gasteiger charge is -2.07. The number of nitrogens with one attached hydrogen (secondary N) is 1. The van der Waals surface area contributed by atoms with Crippen LogP contribution in [-0.2, 0) is 0 Å². The Morgan fingerprint density at radius 3 is 2.31 bits per heavy atom. The van der Waals surface area contributed by atoms with E-state index in [4.69, 9.17) is 0 Å². The van der Waals surface area contributed by atoms with E-state index in [0.29, 0.717) is 0 Å². The molecule has 0 amide bonds. The molecular formula is C15H23N. The molecule has 1 aromatic carbocycles. The molecule has 16 heavy (non-hydrogen) atoms. The van der Waals surface area contributed by atoms with Crippen molar-refractivity contribution in [2.75, 3.05) is 13.1 Å². The summed E-state index contributed by atoms with van der Waals surface area (Å²) < 4.78 is 0. The second kappa shape index (κ2) is 6.49. The predicted octanol–water partition coefficient (Wildman–Crippen LogP) is 3.62. The van der Waals surface area contributed by atoms with E-state index in [1.54, 1.807) is 0 Å². The first-order valence-electron chi connectivity index (χ1n) is 6.10. The quantitative estimate of drug-likeness (QED) is 0.743. The van der Waals surface area contributed by atoms with E-state index in [9.17, 15) is 0 Å². The van der Waals surface area contributed by atoms with E-state index in [0.717, 1.165) is 13.1 Å². The molecule has 0 saturated carbocycles. The van der Waals surface area contributed by atoms with Gasteiger partial charge in [0.2, 0.25) is 0 Å². The van der Waals surface area contributed by atoms with E-state index in [2.05, 4.69) is 57.3 Å². The van der Waals surface area contributed by atoms with Crippen molar-refractivity contribution in [1.82, 2.24) is 5.32 Å². The topological polar surface area (TPSA) is 12.0 Å². The van der Waals surface area contributed by atoms with Gasteiger partial charge in [-0.1, -0.05) is 36.8 Å². The van der Waals surface area contributed by atoms with Gasteiger partial charge in [0.25, 0.3) is 0 Å². The number of hydrogen-bond acceptors (Lipinski definition) is 1. The average Bonchev–Trinajstić information content (AvgIpc) is 2.20. The van der Waals surface area contributed by atoms with Gasteiger partial charge in [-0.3, -0.25) is 0 Å². The van der Waals surface area contributed by atoms with Crippen molar-refractivity contribution >= 4 is 6.08 Å². The summed E-state index contributed by atoms with van der Waals surface area (Å²) in [7, 11) is 0. The standard InChI is InChI=1S/C15H23N/c1-5-8-16-9-6-7-15-13(3)10-12(2)11-14(15)4/h6-7,10-11,16H,5,8-9H2,1-4H3. The summed E-state index contributed by atoms with van der Waals surface area (Å²) in [4.78, 5) is 0. The smallest absolute Gasteiger partial charge is 0.0138 e. The Morgan fingerprint density at radius 1 is 1.12 bits per heavy atom. The van der Waals surface area contributed by atoms with Gasteiger partial charge in [0, 0.05) is 6.54 Å². The Balaban J connectivity index is 2.66. The first-order valence-corrected chi connectivity index (χ1v) is 6.10. The van der Waals surface area contributed by atoms with Crippen molar-refractivity contribution in [1.29, 1.82) is 0 Å². The Kier molecular flexibility index (Phi) is 5.27. The van der Waals surface area contributed by atoms with Gasteiger partial charge in [0.15, 0.2) is 0 Å². The van der Waals surface area contributed by atoms with E-state index >= 15 is 0 Å². The minimum absolute atomic E-state index is 0.959. The van der Waals surface area contributed by atoms with Crippen LogP contribution in [0.1, 0.15) is 35.6 Å². The first kappa shape index (κ1) is 13.0. The van der Waals surface area contributed by atoms with Gasteiger partial charge in [-0.25, -0.2) is 0 Å². The summed E-state index contributed by atoms with van der Waals surface area (Å²) in [6.07, 6.45) is 5.63. The fourth-order valence-corrected chi connectivity index (χ4v) is 1.99. The molecule has 0 aliphatic carbocycles. The fourth-order valence-electron chi connectivity index (χ4n) is 1.99. The summed E-state index contributed by atoms with van der Waals surface area (Å²) >= 11 is 0. The van der Waals surface area contributed by atoms with Crippen LogP contribution < -0.4 is 5.32 Å². The first-order chi connectivity index (χ1) is 7.65. The number of benzene rings is 1. The molecular weight excluding hydrogens is 194 g/mol. The van der Waals surface area contributed by atoms with Gasteiger partial charge < -0.3 is 5.32 Å². The largest absolute Gasteiger partial charge is 0.313 e. The third-order valence-corrected chi connectivity index (χ3v) is 2.71. The summed E-state index contributed by atoms with van der Waals surface area (Å²) in [6.45, 7) is 10.7. The molecule has 0 spiro atoms. The van der Waals surface area contributed by atoms with Crippen molar-refractivity contribution < 1.29 is 0 Å². The molecule has 1 N–H and O–H groups in total.